The van der Waals surface area contributed by atoms with Crippen LogP contribution in [-0.2, 0) is 11.3 Å². The van der Waals surface area contributed by atoms with E-state index in [0.717, 1.165) is 9.13 Å². The van der Waals surface area contributed by atoms with Gasteiger partial charge in [0.05, 0.1) is 22.6 Å². The Balaban J connectivity index is 2.05. The third-order valence-electron chi connectivity index (χ3n) is 4.41. The molecule has 2 aromatic heterocycles. The predicted octanol–water partition coefficient (Wildman–Crippen LogP) is 1.38. The number of fused-ring (bicyclic) bond motifs is 1. The number of hydrogen-bond acceptors (Lipinski definition) is 7. The average Bonchev–Trinajstić information content (AvgIpc) is 2.71. The number of aliphatic imine (C=N–C) groups is 1. The van der Waals surface area contributed by atoms with Crippen molar-refractivity contribution < 1.29 is 9.72 Å². The van der Waals surface area contributed by atoms with Crippen LogP contribution < -0.4 is 11.2 Å². The van der Waals surface area contributed by atoms with Crippen molar-refractivity contribution in [1.82, 2.24) is 14.1 Å². The standard InChI is InChI=1S/C19H13N5O5/c25-13-7-9-20-12(10-13)11-22-18(26)14-4-3-8-21-17(14)23(19(22)27)15-5-1-2-6-16(15)24(28)29/h1-6,8-10H,7,11H2. The quantitative estimate of drug-likeness (QED) is 0.488. The molecule has 144 valence electrons. The molecule has 1 aliphatic heterocycles. The molecule has 0 saturated heterocycles. The number of carbonyl (C=O) groups is 1. The first-order valence-corrected chi connectivity index (χ1v) is 8.57. The lowest BCUT2D eigenvalue weighted by molar-refractivity contribution is -0.384. The number of benzene rings is 1. The molecule has 10 heteroatoms. The van der Waals surface area contributed by atoms with E-state index >= 15 is 0 Å². The third-order valence-corrected chi connectivity index (χ3v) is 4.41. The minimum Gasteiger partial charge on any atom is -0.294 e. The zero-order valence-electron chi connectivity index (χ0n) is 14.9. The predicted molar refractivity (Wildman–Crippen MR) is 104 cm³/mol. The molecule has 0 atom stereocenters. The Hall–Kier alpha value is -4.21. The lowest BCUT2D eigenvalue weighted by Gasteiger charge is -2.14. The maximum Gasteiger partial charge on any atom is 0.337 e. The lowest BCUT2D eigenvalue weighted by Crippen LogP contribution is -2.40. The second-order valence-electron chi connectivity index (χ2n) is 6.25. The van der Waals surface area contributed by atoms with Crippen molar-refractivity contribution in [3.8, 4) is 5.69 Å². The average molecular weight is 391 g/mol. The molecular weight excluding hydrogens is 378 g/mol. The van der Waals surface area contributed by atoms with Gasteiger partial charge in [-0.1, -0.05) is 12.1 Å². The number of nitro groups is 1. The second-order valence-corrected chi connectivity index (χ2v) is 6.25. The Labute approximate surface area is 162 Å². The van der Waals surface area contributed by atoms with Crippen molar-refractivity contribution in [2.24, 2.45) is 4.99 Å². The van der Waals surface area contributed by atoms with Crippen molar-refractivity contribution in [1.29, 1.82) is 0 Å². The van der Waals surface area contributed by atoms with E-state index in [1.54, 1.807) is 6.07 Å². The number of carbonyl (C=O) groups excluding carboxylic acids is 1. The van der Waals surface area contributed by atoms with Crippen LogP contribution in [0, 0.1) is 10.1 Å². The normalized spacial score (nSPS) is 13.5. The van der Waals surface area contributed by atoms with Gasteiger partial charge in [0.2, 0.25) is 0 Å². The first-order chi connectivity index (χ1) is 14.0. The van der Waals surface area contributed by atoms with Gasteiger partial charge >= 0.3 is 5.69 Å². The lowest BCUT2D eigenvalue weighted by atomic mass is 10.2. The number of nitrogens with zero attached hydrogens (tertiary/aromatic N) is 5. The summed E-state index contributed by atoms with van der Waals surface area (Å²) in [5.74, 6) is -0.190. The van der Waals surface area contributed by atoms with E-state index in [9.17, 15) is 24.5 Å². The summed E-state index contributed by atoms with van der Waals surface area (Å²) in [7, 11) is 0. The first-order valence-electron chi connectivity index (χ1n) is 8.57. The van der Waals surface area contributed by atoms with E-state index in [-0.39, 0.29) is 46.9 Å². The molecule has 0 bridgehead atoms. The van der Waals surface area contributed by atoms with E-state index in [1.807, 2.05) is 0 Å². The van der Waals surface area contributed by atoms with Gasteiger partial charge in [-0.15, -0.1) is 0 Å². The van der Waals surface area contributed by atoms with Crippen LogP contribution >= 0.6 is 0 Å². The highest BCUT2D eigenvalue weighted by molar-refractivity contribution is 6.01. The minimum atomic E-state index is -0.815. The summed E-state index contributed by atoms with van der Waals surface area (Å²) in [6.07, 6.45) is 4.23. The topological polar surface area (TPSA) is 129 Å². The monoisotopic (exact) mass is 391 g/mol. The molecule has 0 radical (unpaired) electrons. The highest BCUT2D eigenvalue weighted by atomic mass is 16.6. The van der Waals surface area contributed by atoms with Gasteiger partial charge in [-0.25, -0.2) is 14.3 Å². The van der Waals surface area contributed by atoms with Gasteiger partial charge < -0.3 is 0 Å². The van der Waals surface area contributed by atoms with Crippen LogP contribution in [0.4, 0.5) is 5.69 Å². The summed E-state index contributed by atoms with van der Waals surface area (Å²) >= 11 is 0. The fourth-order valence-corrected chi connectivity index (χ4v) is 3.13. The molecule has 0 unspecified atom stereocenters. The van der Waals surface area contributed by atoms with Crippen LogP contribution in [0.3, 0.4) is 0 Å². The minimum absolute atomic E-state index is 0.00486. The van der Waals surface area contributed by atoms with E-state index < -0.39 is 16.2 Å². The molecule has 0 amide bonds. The molecule has 4 rings (SSSR count). The van der Waals surface area contributed by atoms with Gasteiger partial charge in [0, 0.05) is 31.0 Å². The number of aromatic nitrogens is 3. The summed E-state index contributed by atoms with van der Waals surface area (Å²) in [5, 5.41) is 11.6. The van der Waals surface area contributed by atoms with E-state index in [1.165, 1.54) is 48.8 Å². The van der Waals surface area contributed by atoms with Crippen molar-refractivity contribution >= 4 is 28.7 Å². The number of ketones is 1. The number of nitro benzene ring substituents is 1. The Bertz CT molecular complexity index is 1350. The van der Waals surface area contributed by atoms with Gasteiger partial charge in [0.15, 0.2) is 11.4 Å². The van der Waals surface area contributed by atoms with Crippen molar-refractivity contribution in [2.45, 2.75) is 13.0 Å². The maximum absolute atomic E-state index is 13.2. The third kappa shape index (κ3) is 3.16. The van der Waals surface area contributed by atoms with E-state index in [4.69, 9.17) is 0 Å². The van der Waals surface area contributed by atoms with Crippen LogP contribution in [0.15, 0.2) is 68.9 Å². The number of pyridine rings is 1. The van der Waals surface area contributed by atoms with E-state index in [0.29, 0.717) is 0 Å². The van der Waals surface area contributed by atoms with Crippen molar-refractivity contribution in [2.75, 3.05) is 0 Å². The van der Waals surface area contributed by atoms with Crippen LogP contribution in [0.25, 0.3) is 16.7 Å². The molecule has 10 nitrogen and oxygen atoms in total. The van der Waals surface area contributed by atoms with Crippen LogP contribution in [0.2, 0.25) is 0 Å². The molecule has 0 spiro atoms. The second kappa shape index (κ2) is 7.08. The SMILES string of the molecule is O=C1C=C(Cn2c(=O)c3cccnc3n(-c3ccccc3[N+](=O)[O-])c2=O)N=CC1. The molecule has 0 fully saturated rings. The van der Waals surface area contributed by atoms with Crippen LogP contribution in [0.5, 0.6) is 0 Å². The highest BCUT2D eigenvalue weighted by Gasteiger charge is 2.22. The van der Waals surface area contributed by atoms with E-state index in [2.05, 4.69) is 9.98 Å². The van der Waals surface area contributed by atoms with Gasteiger partial charge in [-0.2, -0.15) is 0 Å². The first kappa shape index (κ1) is 18.2. The van der Waals surface area contributed by atoms with Gasteiger partial charge in [0.25, 0.3) is 11.2 Å². The summed E-state index contributed by atoms with van der Waals surface area (Å²) in [4.78, 5) is 56.8. The maximum atomic E-state index is 13.2. The molecule has 0 aliphatic carbocycles. The summed E-state index contributed by atoms with van der Waals surface area (Å²) in [5.41, 5.74) is -1.51. The molecule has 0 N–H and O–H groups in total. The molecule has 3 heterocycles. The molecule has 1 aliphatic rings. The number of para-hydroxylation sites is 2. The molecule has 0 saturated carbocycles. The van der Waals surface area contributed by atoms with Gasteiger partial charge in [0.1, 0.15) is 5.69 Å². The molecule has 1 aromatic carbocycles. The smallest absolute Gasteiger partial charge is 0.294 e. The number of rotatable bonds is 4. The summed E-state index contributed by atoms with van der Waals surface area (Å²) in [6.45, 7) is -0.245. The van der Waals surface area contributed by atoms with Crippen molar-refractivity contribution in [3.63, 3.8) is 0 Å². The Morgan fingerprint density at radius 2 is 1.90 bits per heavy atom. The van der Waals surface area contributed by atoms with Crippen molar-refractivity contribution in [3.05, 3.63) is 85.3 Å². The van der Waals surface area contributed by atoms with Gasteiger partial charge in [-0.3, -0.25) is 29.3 Å². The summed E-state index contributed by atoms with van der Waals surface area (Å²) < 4.78 is 1.92. The Kier molecular flexibility index (Phi) is 4.43. The largest absolute Gasteiger partial charge is 0.337 e. The number of hydrogen-bond donors (Lipinski definition) is 0. The fraction of sp³-hybridized carbons (Fsp3) is 0.105. The fourth-order valence-electron chi connectivity index (χ4n) is 3.13. The summed E-state index contributed by atoms with van der Waals surface area (Å²) in [6, 6.07) is 8.71. The van der Waals surface area contributed by atoms with Crippen LogP contribution in [-0.4, -0.2) is 31.0 Å². The highest BCUT2D eigenvalue weighted by Crippen LogP contribution is 2.23. The molecule has 3 aromatic rings. The van der Waals surface area contributed by atoms with Crippen LogP contribution in [0.1, 0.15) is 6.42 Å². The molecule has 29 heavy (non-hydrogen) atoms. The Morgan fingerprint density at radius 3 is 2.66 bits per heavy atom. The zero-order valence-corrected chi connectivity index (χ0v) is 14.9. The Morgan fingerprint density at radius 1 is 1.10 bits per heavy atom. The van der Waals surface area contributed by atoms with Gasteiger partial charge in [-0.05, 0) is 18.2 Å². The zero-order chi connectivity index (χ0) is 20.5. The number of allylic oxidation sites excluding steroid dienone is 2. The molecular formula is C19H13N5O5.